The van der Waals surface area contributed by atoms with Gasteiger partial charge >= 0.3 is 36.3 Å². The zero-order chi connectivity index (χ0) is 39.8. The van der Waals surface area contributed by atoms with Gasteiger partial charge in [-0.1, -0.05) is 25.7 Å². The second-order valence-electron chi connectivity index (χ2n) is 15.5. The molecule has 4 amide bonds. The molecule has 4 rings (SSSR count). The van der Waals surface area contributed by atoms with Crippen LogP contribution in [0.25, 0.3) is 0 Å². The molecule has 56 heavy (non-hydrogen) atoms. The van der Waals surface area contributed by atoms with Gasteiger partial charge in [0, 0.05) is 13.1 Å². The van der Waals surface area contributed by atoms with Gasteiger partial charge in [-0.25, -0.2) is 28.8 Å². The Bertz CT molecular complexity index is 1120. The van der Waals surface area contributed by atoms with Crippen LogP contribution in [0.4, 0.5) is 19.2 Å². The summed E-state index contributed by atoms with van der Waals surface area (Å²) in [6.07, 6.45) is 16.8. The smallest absolute Gasteiger partial charge is 0.408 e. The largest absolute Gasteiger partial charge is 0.461 e. The van der Waals surface area contributed by atoms with Crippen molar-refractivity contribution in [3.63, 3.8) is 0 Å². The Morgan fingerprint density at radius 1 is 0.411 bits per heavy atom. The predicted molar refractivity (Wildman–Crippen MR) is 204 cm³/mol. The Labute approximate surface area is 331 Å². The summed E-state index contributed by atoms with van der Waals surface area (Å²) in [5, 5.41) is 10.7. The van der Waals surface area contributed by atoms with Gasteiger partial charge < -0.3 is 49.7 Å². The lowest BCUT2D eigenvalue weighted by Gasteiger charge is -2.24. The van der Waals surface area contributed by atoms with E-state index in [1.54, 1.807) is 0 Å². The monoisotopic (exact) mass is 794 g/mol. The number of esters is 2. The summed E-state index contributed by atoms with van der Waals surface area (Å²) >= 11 is 0. The number of rotatable bonds is 19. The SMILES string of the molecule is O=C(NCCCC(NC(=O)OC1CCCCC1)C(=O)OCCOC(=O)C(CCCNC(=O)OC1CCCCC1)NC(=O)OC1CCCCC1)OC1CCCCC1. The van der Waals surface area contributed by atoms with Crippen LogP contribution in [0.2, 0.25) is 0 Å². The lowest BCUT2D eigenvalue weighted by atomic mass is 9.98. The number of carbonyl (C=O) groups is 6. The summed E-state index contributed by atoms with van der Waals surface area (Å²) in [6.45, 7) is -0.164. The summed E-state index contributed by atoms with van der Waals surface area (Å²) in [4.78, 5) is 76.4. The van der Waals surface area contributed by atoms with E-state index in [-0.39, 0.29) is 63.6 Å². The minimum atomic E-state index is -1.07. The van der Waals surface area contributed by atoms with Gasteiger partial charge in [-0.15, -0.1) is 0 Å². The lowest BCUT2D eigenvalue weighted by molar-refractivity contribution is -0.155. The predicted octanol–water partition coefficient (Wildman–Crippen LogP) is 6.61. The second kappa shape index (κ2) is 26.0. The Hall–Kier alpha value is -3.98. The van der Waals surface area contributed by atoms with Crippen molar-refractivity contribution in [2.24, 2.45) is 0 Å². The van der Waals surface area contributed by atoms with Crippen LogP contribution < -0.4 is 21.3 Å². The summed E-state index contributed by atoms with van der Waals surface area (Å²) in [6, 6.07) is -2.14. The standard InChI is InChI=1S/C40H66N4O12/c45-35(33(43-39(49)55-31-19-9-3-10-20-31)23-13-25-41-37(47)53-29-15-5-1-6-16-29)51-27-28-52-36(46)34(44-40(50)56-32-21-11-4-12-22-32)24-14-26-42-38(48)54-30-17-7-2-8-18-30/h29-34H,1-28H2,(H,41,47)(H,42,48)(H,43,49)(H,44,50). The minimum absolute atomic E-state index is 0.0864. The zero-order valence-electron chi connectivity index (χ0n) is 33.2. The highest BCUT2D eigenvalue weighted by molar-refractivity contribution is 5.82. The average Bonchev–Trinajstić information content (AvgIpc) is 3.20. The normalized spacial score (nSPS) is 19.6. The molecule has 0 aromatic heterocycles. The molecule has 4 aliphatic rings. The molecular formula is C40H66N4O12. The van der Waals surface area contributed by atoms with Crippen molar-refractivity contribution in [1.82, 2.24) is 21.3 Å². The van der Waals surface area contributed by atoms with Crippen LogP contribution in [0.1, 0.15) is 154 Å². The fraction of sp³-hybridized carbons (Fsp3) is 0.850. The van der Waals surface area contributed by atoms with Crippen LogP contribution in [-0.4, -0.2) is 99.1 Å². The molecule has 0 bridgehead atoms. The molecule has 4 fully saturated rings. The quantitative estimate of drug-likeness (QED) is 0.0620. The van der Waals surface area contributed by atoms with Crippen LogP contribution in [0.15, 0.2) is 0 Å². The molecule has 318 valence electrons. The van der Waals surface area contributed by atoms with Crippen molar-refractivity contribution in [3.05, 3.63) is 0 Å². The van der Waals surface area contributed by atoms with Gasteiger partial charge in [-0.2, -0.15) is 0 Å². The third kappa shape index (κ3) is 18.3. The number of nitrogens with one attached hydrogen (secondary N) is 4. The van der Waals surface area contributed by atoms with E-state index >= 15 is 0 Å². The van der Waals surface area contributed by atoms with E-state index in [0.29, 0.717) is 12.8 Å². The summed E-state index contributed by atoms with van der Waals surface area (Å²) < 4.78 is 32.9. The fourth-order valence-corrected chi connectivity index (χ4v) is 7.75. The van der Waals surface area contributed by atoms with E-state index in [4.69, 9.17) is 28.4 Å². The fourth-order valence-electron chi connectivity index (χ4n) is 7.75. The molecule has 0 spiro atoms. The van der Waals surface area contributed by atoms with Crippen LogP contribution >= 0.6 is 0 Å². The summed E-state index contributed by atoms with van der Waals surface area (Å²) in [5.41, 5.74) is 0. The van der Waals surface area contributed by atoms with E-state index in [0.717, 1.165) is 128 Å². The first kappa shape index (κ1) is 44.7. The van der Waals surface area contributed by atoms with Crippen LogP contribution in [0.5, 0.6) is 0 Å². The van der Waals surface area contributed by atoms with Crippen LogP contribution in [0.3, 0.4) is 0 Å². The molecule has 4 N–H and O–H groups in total. The van der Waals surface area contributed by atoms with Gasteiger partial charge in [0.15, 0.2) is 0 Å². The maximum atomic E-state index is 13.2. The number of hydrogen-bond donors (Lipinski definition) is 4. The topological polar surface area (TPSA) is 206 Å². The molecule has 4 saturated carbocycles. The van der Waals surface area contributed by atoms with Crippen molar-refractivity contribution in [3.8, 4) is 0 Å². The Balaban J connectivity index is 1.22. The van der Waals surface area contributed by atoms with E-state index in [9.17, 15) is 28.8 Å². The molecule has 0 radical (unpaired) electrons. The maximum Gasteiger partial charge on any atom is 0.408 e. The number of amides is 4. The molecule has 0 aromatic carbocycles. The average molecular weight is 795 g/mol. The third-order valence-electron chi connectivity index (χ3n) is 10.9. The highest BCUT2D eigenvalue weighted by Gasteiger charge is 2.28. The Morgan fingerprint density at radius 2 is 0.696 bits per heavy atom. The van der Waals surface area contributed by atoms with Gasteiger partial charge in [0.2, 0.25) is 0 Å². The first-order valence-electron chi connectivity index (χ1n) is 21.4. The van der Waals surface area contributed by atoms with Crippen molar-refractivity contribution in [2.45, 2.75) is 191 Å². The molecule has 2 atom stereocenters. The van der Waals surface area contributed by atoms with Crippen molar-refractivity contribution < 1.29 is 57.2 Å². The molecule has 4 aliphatic carbocycles. The number of carbonyl (C=O) groups excluding carboxylic acids is 6. The first-order chi connectivity index (χ1) is 27.2. The number of ether oxygens (including phenoxy) is 6. The maximum absolute atomic E-state index is 13.2. The van der Waals surface area contributed by atoms with Gasteiger partial charge in [0.1, 0.15) is 49.7 Å². The Morgan fingerprint density at radius 3 is 1.00 bits per heavy atom. The van der Waals surface area contributed by atoms with Crippen LogP contribution in [0, 0.1) is 0 Å². The lowest BCUT2D eigenvalue weighted by Crippen LogP contribution is -2.45. The van der Waals surface area contributed by atoms with Gasteiger partial charge in [0.25, 0.3) is 0 Å². The number of alkyl carbamates (subject to hydrolysis) is 4. The van der Waals surface area contributed by atoms with E-state index in [1.807, 2.05) is 0 Å². The molecule has 16 heteroatoms. The second-order valence-corrected chi connectivity index (χ2v) is 15.5. The summed E-state index contributed by atoms with van der Waals surface area (Å²) in [5.74, 6) is -1.49. The highest BCUT2D eigenvalue weighted by Crippen LogP contribution is 2.23. The minimum Gasteiger partial charge on any atom is -0.461 e. The summed E-state index contributed by atoms with van der Waals surface area (Å²) in [7, 11) is 0. The highest BCUT2D eigenvalue weighted by atomic mass is 16.6. The zero-order valence-corrected chi connectivity index (χ0v) is 33.2. The molecule has 0 aliphatic heterocycles. The van der Waals surface area contributed by atoms with Gasteiger partial charge in [-0.05, 0) is 128 Å². The first-order valence-corrected chi connectivity index (χ1v) is 21.4. The van der Waals surface area contributed by atoms with E-state index in [2.05, 4.69) is 21.3 Å². The number of hydrogen-bond acceptors (Lipinski definition) is 12. The molecule has 16 nitrogen and oxygen atoms in total. The van der Waals surface area contributed by atoms with E-state index in [1.165, 1.54) is 0 Å². The van der Waals surface area contributed by atoms with Crippen molar-refractivity contribution in [1.29, 1.82) is 0 Å². The molecule has 0 aromatic rings. The van der Waals surface area contributed by atoms with E-state index < -0.39 is 48.4 Å². The van der Waals surface area contributed by atoms with Gasteiger partial charge in [0.05, 0.1) is 0 Å². The van der Waals surface area contributed by atoms with Crippen molar-refractivity contribution in [2.75, 3.05) is 26.3 Å². The van der Waals surface area contributed by atoms with Crippen LogP contribution in [-0.2, 0) is 38.0 Å². The molecule has 0 saturated heterocycles. The molecular weight excluding hydrogens is 728 g/mol. The van der Waals surface area contributed by atoms with Crippen molar-refractivity contribution >= 4 is 36.3 Å². The Kier molecular flexibility index (Phi) is 20.8. The molecule has 2 unspecified atom stereocenters. The third-order valence-corrected chi connectivity index (χ3v) is 10.9. The molecule has 0 heterocycles. The van der Waals surface area contributed by atoms with Gasteiger partial charge in [-0.3, -0.25) is 0 Å².